The van der Waals surface area contributed by atoms with Crippen molar-refractivity contribution in [1.82, 2.24) is 0 Å². The second-order valence-corrected chi connectivity index (χ2v) is 4.60. The van der Waals surface area contributed by atoms with Crippen LogP contribution in [0.5, 0.6) is 5.75 Å². The van der Waals surface area contributed by atoms with E-state index < -0.39 is 0 Å². The molecular formula is C15H21ClO. The highest BCUT2D eigenvalue weighted by Gasteiger charge is 2.14. The molecule has 0 aliphatic heterocycles. The first kappa shape index (κ1) is 14.1. The number of benzene rings is 1. The average molecular weight is 253 g/mol. The molecule has 2 heteroatoms. The second kappa shape index (κ2) is 7.39. The van der Waals surface area contributed by atoms with E-state index in [0.717, 1.165) is 36.6 Å². The molecule has 0 radical (unpaired) electrons. The fraction of sp³-hybridized carbons (Fsp3) is 0.467. The Kier molecular flexibility index (Phi) is 6.13. The van der Waals surface area contributed by atoms with E-state index in [-0.39, 0.29) is 0 Å². The topological polar surface area (TPSA) is 9.23 Å². The summed E-state index contributed by atoms with van der Waals surface area (Å²) in [6.45, 7) is 8.85. The predicted octanol–water partition coefficient (Wildman–Crippen LogP) is 5.20. The largest absolute Gasteiger partial charge is 0.493 e. The van der Waals surface area contributed by atoms with Crippen LogP contribution in [0.15, 0.2) is 30.9 Å². The molecule has 0 saturated heterocycles. The molecule has 0 spiro atoms. The van der Waals surface area contributed by atoms with Crippen molar-refractivity contribution in [3.63, 3.8) is 0 Å². The van der Waals surface area contributed by atoms with Crippen molar-refractivity contribution in [2.75, 3.05) is 6.61 Å². The molecule has 17 heavy (non-hydrogen) atoms. The van der Waals surface area contributed by atoms with E-state index in [4.69, 9.17) is 16.3 Å². The van der Waals surface area contributed by atoms with Gasteiger partial charge in [-0.15, -0.1) is 6.58 Å². The third kappa shape index (κ3) is 4.08. The second-order valence-electron chi connectivity index (χ2n) is 4.16. The fourth-order valence-electron chi connectivity index (χ4n) is 1.90. The van der Waals surface area contributed by atoms with Crippen LogP contribution in [0.2, 0.25) is 5.02 Å². The Morgan fingerprint density at radius 1 is 1.41 bits per heavy atom. The molecule has 0 bridgehead atoms. The average Bonchev–Trinajstić information content (AvgIpc) is 2.34. The molecule has 0 aliphatic carbocycles. The Labute approximate surface area is 109 Å². The molecule has 0 saturated carbocycles. The molecule has 1 aromatic rings. The van der Waals surface area contributed by atoms with E-state index in [1.807, 2.05) is 24.3 Å². The van der Waals surface area contributed by atoms with Gasteiger partial charge in [0, 0.05) is 5.02 Å². The SMILES string of the molecule is C=CCC(CC)c1cc(Cl)ccc1OCCC. The van der Waals surface area contributed by atoms with Crippen LogP contribution in [0.3, 0.4) is 0 Å². The van der Waals surface area contributed by atoms with Gasteiger partial charge in [0.25, 0.3) is 0 Å². The molecule has 0 N–H and O–H groups in total. The van der Waals surface area contributed by atoms with Crippen molar-refractivity contribution in [1.29, 1.82) is 0 Å². The summed E-state index contributed by atoms with van der Waals surface area (Å²) < 4.78 is 5.78. The highest BCUT2D eigenvalue weighted by molar-refractivity contribution is 6.30. The third-order valence-electron chi connectivity index (χ3n) is 2.82. The summed E-state index contributed by atoms with van der Waals surface area (Å²) in [5.74, 6) is 1.41. The molecule has 0 aliphatic rings. The van der Waals surface area contributed by atoms with Gasteiger partial charge in [0.1, 0.15) is 5.75 Å². The van der Waals surface area contributed by atoms with Crippen LogP contribution in [-0.2, 0) is 0 Å². The molecule has 0 fully saturated rings. The molecule has 1 rings (SSSR count). The lowest BCUT2D eigenvalue weighted by Gasteiger charge is -2.18. The lowest BCUT2D eigenvalue weighted by atomic mass is 9.92. The summed E-state index contributed by atoms with van der Waals surface area (Å²) >= 11 is 6.07. The Morgan fingerprint density at radius 3 is 2.76 bits per heavy atom. The lowest BCUT2D eigenvalue weighted by molar-refractivity contribution is 0.311. The van der Waals surface area contributed by atoms with E-state index in [9.17, 15) is 0 Å². The number of hydrogen-bond donors (Lipinski definition) is 0. The third-order valence-corrected chi connectivity index (χ3v) is 3.05. The van der Waals surface area contributed by atoms with Crippen LogP contribution in [0, 0.1) is 0 Å². The summed E-state index contributed by atoms with van der Waals surface area (Å²) in [5.41, 5.74) is 1.20. The smallest absolute Gasteiger partial charge is 0.122 e. The highest BCUT2D eigenvalue weighted by atomic mass is 35.5. The normalized spacial score (nSPS) is 12.2. The van der Waals surface area contributed by atoms with E-state index >= 15 is 0 Å². The molecular weight excluding hydrogens is 232 g/mol. The summed E-state index contributed by atoms with van der Waals surface area (Å²) in [5, 5.41) is 0.770. The van der Waals surface area contributed by atoms with Gasteiger partial charge in [-0.25, -0.2) is 0 Å². The van der Waals surface area contributed by atoms with Crippen LogP contribution in [0.4, 0.5) is 0 Å². The van der Waals surface area contributed by atoms with Crippen LogP contribution in [0.25, 0.3) is 0 Å². The van der Waals surface area contributed by atoms with Crippen LogP contribution >= 0.6 is 11.6 Å². The van der Waals surface area contributed by atoms with Crippen molar-refractivity contribution in [3.8, 4) is 5.75 Å². The quantitative estimate of drug-likeness (QED) is 0.606. The van der Waals surface area contributed by atoms with Crippen LogP contribution in [-0.4, -0.2) is 6.61 Å². The summed E-state index contributed by atoms with van der Waals surface area (Å²) in [6, 6.07) is 5.87. The lowest BCUT2D eigenvalue weighted by Crippen LogP contribution is -2.03. The first-order valence-electron chi connectivity index (χ1n) is 6.26. The molecule has 0 amide bonds. The van der Waals surface area contributed by atoms with Crippen molar-refractivity contribution in [3.05, 3.63) is 41.4 Å². The minimum atomic E-state index is 0.443. The van der Waals surface area contributed by atoms with E-state index in [1.165, 1.54) is 5.56 Å². The van der Waals surface area contributed by atoms with Gasteiger partial charge >= 0.3 is 0 Å². The summed E-state index contributed by atoms with van der Waals surface area (Å²) in [6.07, 6.45) is 4.99. The molecule has 1 aromatic carbocycles. The number of halogens is 1. The van der Waals surface area contributed by atoms with Crippen molar-refractivity contribution in [2.45, 2.75) is 39.0 Å². The van der Waals surface area contributed by atoms with Gasteiger partial charge in [-0.3, -0.25) is 0 Å². The molecule has 1 unspecified atom stereocenters. The summed E-state index contributed by atoms with van der Waals surface area (Å²) in [4.78, 5) is 0. The number of hydrogen-bond acceptors (Lipinski definition) is 1. The van der Waals surface area contributed by atoms with Gasteiger partial charge in [0.2, 0.25) is 0 Å². The summed E-state index contributed by atoms with van der Waals surface area (Å²) in [7, 11) is 0. The molecule has 0 heterocycles. The van der Waals surface area contributed by atoms with Gasteiger partial charge in [0.15, 0.2) is 0 Å². The fourth-order valence-corrected chi connectivity index (χ4v) is 2.08. The zero-order chi connectivity index (χ0) is 12.7. The van der Waals surface area contributed by atoms with Gasteiger partial charge in [-0.2, -0.15) is 0 Å². The highest BCUT2D eigenvalue weighted by Crippen LogP contribution is 2.33. The van der Waals surface area contributed by atoms with Crippen molar-refractivity contribution >= 4 is 11.6 Å². The van der Waals surface area contributed by atoms with Crippen molar-refractivity contribution < 1.29 is 4.74 Å². The standard InChI is InChI=1S/C15H21ClO/c1-4-7-12(6-3)14-11-13(16)8-9-15(14)17-10-5-2/h4,8-9,11-12H,1,5-7,10H2,2-3H3. The minimum Gasteiger partial charge on any atom is -0.493 e. The zero-order valence-corrected chi connectivity index (χ0v) is 11.5. The molecule has 0 aromatic heterocycles. The monoisotopic (exact) mass is 252 g/mol. The maximum atomic E-state index is 6.07. The first-order valence-corrected chi connectivity index (χ1v) is 6.63. The number of ether oxygens (including phenoxy) is 1. The molecule has 1 nitrogen and oxygen atoms in total. The Balaban J connectivity index is 2.99. The minimum absolute atomic E-state index is 0.443. The number of rotatable bonds is 7. The van der Waals surface area contributed by atoms with Gasteiger partial charge in [-0.1, -0.05) is 31.5 Å². The molecule has 1 atom stereocenters. The Morgan fingerprint density at radius 2 is 2.18 bits per heavy atom. The van der Waals surface area contributed by atoms with Crippen LogP contribution < -0.4 is 4.74 Å². The van der Waals surface area contributed by atoms with Crippen LogP contribution in [0.1, 0.15) is 44.6 Å². The van der Waals surface area contributed by atoms with Gasteiger partial charge in [-0.05, 0) is 48.9 Å². The Hall–Kier alpha value is -0.950. The maximum absolute atomic E-state index is 6.07. The first-order chi connectivity index (χ1) is 8.22. The van der Waals surface area contributed by atoms with Gasteiger partial charge in [0.05, 0.1) is 6.61 Å². The van der Waals surface area contributed by atoms with E-state index in [1.54, 1.807) is 0 Å². The van der Waals surface area contributed by atoms with Gasteiger partial charge < -0.3 is 4.74 Å². The molecule has 94 valence electrons. The predicted molar refractivity (Wildman–Crippen MR) is 75.1 cm³/mol. The Bertz CT molecular complexity index is 360. The van der Waals surface area contributed by atoms with E-state index in [0.29, 0.717) is 5.92 Å². The number of allylic oxidation sites excluding steroid dienone is 1. The van der Waals surface area contributed by atoms with Crippen molar-refractivity contribution in [2.24, 2.45) is 0 Å². The zero-order valence-electron chi connectivity index (χ0n) is 10.7. The maximum Gasteiger partial charge on any atom is 0.122 e. The van der Waals surface area contributed by atoms with E-state index in [2.05, 4.69) is 20.4 Å².